The van der Waals surface area contributed by atoms with Crippen LogP contribution in [0.1, 0.15) is 57.2 Å². The lowest BCUT2D eigenvalue weighted by Gasteiger charge is -2.20. The molecule has 0 aliphatic carbocycles. The summed E-state index contributed by atoms with van der Waals surface area (Å²) in [6.45, 7) is 15.1. The van der Waals surface area contributed by atoms with E-state index in [0.717, 1.165) is 11.1 Å². The molecule has 0 heteroatoms. The van der Waals surface area contributed by atoms with Gasteiger partial charge < -0.3 is 0 Å². The van der Waals surface area contributed by atoms with Crippen LogP contribution in [0, 0.1) is 0 Å². The quantitative estimate of drug-likeness (QED) is 0.0856. The molecule has 0 spiro atoms. The molecule has 0 nitrogen and oxygen atoms in total. The summed E-state index contributed by atoms with van der Waals surface area (Å²) in [5.74, 6) is 0.659. The Morgan fingerprint density at radius 3 is 1.47 bits per heavy atom. The SMILES string of the molecule is C=C(/C=C(\C)c1ccccc1)c1ccc2c(-c3ccccc3)c3cc(-c4cc5ccccc5c5ccccc45)ccc3c(-c3ccccc3)c2c1.CC.CC(C)c1ccccc1. The first-order valence-corrected chi connectivity index (χ1v) is 22.0. The van der Waals surface area contributed by atoms with Crippen LogP contribution in [0.4, 0.5) is 0 Å². The molecule has 0 aliphatic heterocycles. The highest BCUT2D eigenvalue weighted by Gasteiger charge is 2.19. The second kappa shape index (κ2) is 19.0. The van der Waals surface area contributed by atoms with E-state index in [-0.39, 0.29) is 0 Å². The van der Waals surface area contributed by atoms with Gasteiger partial charge in [0.15, 0.2) is 0 Å². The minimum Gasteiger partial charge on any atom is -0.0911 e. The van der Waals surface area contributed by atoms with Crippen LogP contribution in [0.15, 0.2) is 225 Å². The third-order valence-corrected chi connectivity index (χ3v) is 11.8. The number of fused-ring (bicyclic) bond motifs is 5. The number of hydrogen-bond acceptors (Lipinski definition) is 0. The van der Waals surface area contributed by atoms with Crippen LogP contribution in [-0.4, -0.2) is 0 Å². The number of rotatable bonds is 7. The first-order chi connectivity index (χ1) is 30.4. The Bertz CT molecular complexity index is 3150. The van der Waals surface area contributed by atoms with Crippen LogP contribution in [-0.2, 0) is 0 Å². The second-order valence-corrected chi connectivity index (χ2v) is 16.0. The van der Waals surface area contributed by atoms with E-state index in [2.05, 4.69) is 240 Å². The van der Waals surface area contributed by atoms with Gasteiger partial charge in [0.2, 0.25) is 0 Å². The Balaban J connectivity index is 0.000000426. The molecular weight excluding hydrogens is 745 g/mol. The minimum atomic E-state index is 0.659. The van der Waals surface area contributed by atoms with Crippen molar-refractivity contribution in [1.82, 2.24) is 0 Å². The molecule has 0 amide bonds. The second-order valence-electron chi connectivity index (χ2n) is 16.0. The van der Waals surface area contributed by atoms with Gasteiger partial charge in [0, 0.05) is 0 Å². The molecule has 0 N–H and O–H groups in total. The maximum Gasteiger partial charge on any atom is -0.00261 e. The fourth-order valence-electron chi connectivity index (χ4n) is 8.69. The van der Waals surface area contributed by atoms with E-state index in [1.54, 1.807) is 0 Å². The summed E-state index contributed by atoms with van der Waals surface area (Å²) in [6, 6.07) is 76.7. The van der Waals surface area contributed by atoms with Gasteiger partial charge >= 0.3 is 0 Å². The van der Waals surface area contributed by atoms with Gasteiger partial charge in [0.1, 0.15) is 0 Å². The molecule has 0 saturated heterocycles. The van der Waals surface area contributed by atoms with Crippen LogP contribution < -0.4 is 0 Å². The summed E-state index contributed by atoms with van der Waals surface area (Å²) >= 11 is 0. The van der Waals surface area contributed by atoms with E-state index in [4.69, 9.17) is 0 Å². The lowest BCUT2D eigenvalue weighted by atomic mass is 9.83. The van der Waals surface area contributed by atoms with Crippen molar-refractivity contribution in [2.45, 2.75) is 40.5 Å². The standard InChI is InChI=1S/C51H36.C9H12.C2H6/c1-34(36-16-6-3-7-17-36)30-35(2)39-26-28-45-48(31-39)50(37-18-8-4-9-19-37)46-29-27-41(33-49(46)51(45)38-20-10-5-11-21-38)47-32-40-22-12-13-23-42(40)43-24-14-15-25-44(43)47;1-8(2)9-6-4-3-5-7-9;1-2/h3-33H,2H2,1H3;3-8H,1-2H3;1-2H3/b34-30+;;. The summed E-state index contributed by atoms with van der Waals surface area (Å²) in [4.78, 5) is 0. The molecule has 10 rings (SSSR count). The Kier molecular flexibility index (Phi) is 12.7. The molecule has 10 aromatic carbocycles. The summed E-state index contributed by atoms with van der Waals surface area (Å²) < 4.78 is 0. The van der Waals surface area contributed by atoms with E-state index in [0.29, 0.717) is 5.92 Å². The lowest BCUT2D eigenvalue weighted by Crippen LogP contribution is -1.93. The zero-order valence-electron chi connectivity index (χ0n) is 36.6. The van der Waals surface area contributed by atoms with Gasteiger partial charge in [-0.3, -0.25) is 0 Å². The molecule has 0 atom stereocenters. The summed E-state index contributed by atoms with van der Waals surface area (Å²) in [5, 5.41) is 10.0. The molecule has 0 saturated carbocycles. The molecule has 302 valence electrons. The Labute approximate surface area is 368 Å². The van der Waals surface area contributed by atoms with E-state index >= 15 is 0 Å². The van der Waals surface area contributed by atoms with Gasteiger partial charge in [-0.2, -0.15) is 0 Å². The van der Waals surface area contributed by atoms with E-state index < -0.39 is 0 Å². The number of hydrogen-bond donors (Lipinski definition) is 0. The molecule has 0 heterocycles. The molecule has 10 aromatic rings. The average Bonchev–Trinajstić information content (AvgIpc) is 3.34. The van der Waals surface area contributed by atoms with E-state index in [1.165, 1.54) is 93.2 Å². The third kappa shape index (κ3) is 8.51. The van der Waals surface area contributed by atoms with Crippen molar-refractivity contribution in [1.29, 1.82) is 0 Å². The number of allylic oxidation sites excluding steroid dienone is 3. The van der Waals surface area contributed by atoms with Crippen molar-refractivity contribution in [2.75, 3.05) is 0 Å². The smallest absolute Gasteiger partial charge is 0.00261 e. The first kappa shape index (κ1) is 41.5. The highest BCUT2D eigenvalue weighted by Crippen LogP contribution is 2.46. The van der Waals surface area contributed by atoms with Gasteiger partial charge in [-0.15, -0.1) is 0 Å². The van der Waals surface area contributed by atoms with Crippen LogP contribution in [0.5, 0.6) is 0 Å². The van der Waals surface area contributed by atoms with Crippen molar-refractivity contribution < 1.29 is 0 Å². The summed E-state index contributed by atoms with van der Waals surface area (Å²) in [6.07, 6.45) is 2.21. The predicted octanol–water partition coefficient (Wildman–Crippen LogP) is 18.3. The van der Waals surface area contributed by atoms with Crippen molar-refractivity contribution in [2.24, 2.45) is 0 Å². The largest absolute Gasteiger partial charge is 0.0911 e. The molecule has 0 fully saturated rings. The van der Waals surface area contributed by atoms with Gasteiger partial charge in [0.25, 0.3) is 0 Å². The van der Waals surface area contributed by atoms with Crippen molar-refractivity contribution in [3.8, 4) is 33.4 Å². The average molecular weight is 799 g/mol. The maximum absolute atomic E-state index is 4.56. The Hall–Kier alpha value is -7.28. The van der Waals surface area contributed by atoms with Gasteiger partial charge in [0.05, 0.1) is 0 Å². The van der Waals surface area contributed by atoms with E-state index in [9.17, 15) is 0 Å². The fraction of sp³-hybridized carbons (Fsp3) is 0.0968. The number of benzene rings is 10. The van der Waals surface area contributed by atoms with Crippen LogP contribution in [0.25, 0.3) is 87.6 Å². The minimum absolute atomic E-state index is 0.659. The monoisotopic (exact) mass is 798 g/mol. The lowest BCUT2D eigenvalue weighted by molar-refractivity contribution is 0.867. The zero-order chi connectivity index (χ0) is 43.0. The third-order valence-electron chi connectivity index (χ3n) is 11.8. The molecule has 62 heavy (non-hydrogen) atoms. The topological polar surface area (TPSA) is 0 Å². The molecule has 0 aromatic heterocycles. The normalized spacial score (nSPS) is 11.3. The molecule has 0 unspecified atom stereocenters. The van der Waals surface area contributed by atoms with Crippen LogP contribution >= 0.6 is 0 Å². The van der Waals surface area contributed by atoms with Crippen molar-refractivity contribution in [3.05, 3.63) is 242 Å². The summed E-state index contributed by atoms with van der Waals surface area (Å²) in [5.41, 5.74) is 13.3. The molecular formula is C62H54. The van der Waals surface area contributed by atoms with Gasteiger partial charge in [-0.05, 0) is 135 Å². The van der Waals surface area contributed by atoms with Crippen LogP contribution in [0.2, 0.25) is 0 Å². The zero-order valence-corrected chi connectivity index (χ0v) is 36.6. The molecule has 0 aliphatic rings. The maximum atomic E-state index is 4.56. The highest BCUT2D eigenvalue weighted by atomic mass is 14.2. The molecule has 0 bridgehead atoms. The Morgan fingerprint density at radius 2 is 0.887 bits per heavy atom. The molecule has 0 radical (unpaired) electrons. The van der Waals surface area contributed by atoms with E-state index in [1.807, 2.05) is 19.9 Å². The first-order valence-electron chi connectivity index (χ1n) is 22.0. The highest BCUT2D eigenvalue weighted by molar-refractivity contribution is 6.23. The van der Waals surface area contributed by atoms with Gasteiger partial charge in [-0.25, -0.2) is 0 Å². The summed E-state index contributed by atoms with van der Waals surface area (Å²) in [7, 11) is 0. The van der Waals surface area contributed by atoms with Crippen molar-refractivity contribution in [3.63, 3.8) is 0 Å². The van der Waals surface area contributed by atoms with Crippen molar-refractivity contribution >= 4 is 54.2 Å². The Morgan fingerprint density at radius 1 is 0.403 bits per heavy atom. The predicted molar refractivity (Wildman–Crippen MR) is 274 cm³/mol. The van der Waals surface area contributed by atoms with Gasteiger partial charge in [-0.1, -0.05) is 234 Å². The van der Waals surface area contributed by atoms with Crippen LogP contribution in [0.3, 0.4) is 0 Å². The fourth-order valence-corrected chi connectivity index (χ4v) is 8.69.